The van der Waals surface area contributed by atoms with E-state index in [1.54, 1.807) is 48.5 Å². The molecule has 2 aromatic rings. The van der Waals surface area contributed by atoms with Crippen molar-refractivity contribution in [1.82, 2.24) is 5.32 Å². The molecule has 0 aromatic heterocycles. The molecule has 0 aliphatic rings. The molecule has 2 rings (SSSR count). The van der Waals surface area contributed by atoms with Crippen LogP contribution in [0.5, 0.6) is 0 Å². The van der Waals surface area contributed by atoms with E-state index >= 15 is 0 Å². The molecule has 0 aliphatic heterocycles. The lowest BCUT2D eigenvalue weighted by Gasteiger charge is -2.19. The topological polar surface area (TPSA) is 58.2 Å². The molecule has 1 unspecified atom stereocenters. The van der Waals surface area contributed by atoms with Crippen molar-refractivity contribution < 1.29 is 9.59 Å². The van der Waals surface area contributed by atoms with Crippen LogP contribution in [-0.4, -0.2) is 11.8 Å². The Morgan fingerprint density at radius 1 is 1.05 bits per heavy atom. The lowest BCUT2D eigenvalue weighted by atomic mass is 10.1. The van der Waals surface area contributed by atoms with Crippen LogP contribution in [0.4, 0.5) is 5.69 Å². The summed E-state index contributed by atoms with van der Waals surface area (Å²) in [5.74, 6) is -0.725. The van der Waals surface area contributed by atoms with E-state index in [4.69, 9.17) is 23.2 Å². The lowest BCUT2D eigenvalue weighted by molar-refractivity contribution is -0.125. The minimum absolute atomic E-state index is 0.328. The minimum atomic E-state index is -0.884. The summed E-state index contributed by atoms with van der Waals surface area (Å²) in [7, 11) is 0. The molecule has 6 heteroatoms. The summed E-state index contributed by atoms with van der Waals surface area (Å²) in [6.07, 6.45) is 0. The summed E-state index contributed by atoms with van der Waals surface area (Å²) < 4.78 is 0. The molecule has 0 saturated carbocycles. The number of rotatable bonds is 4. The van der Waals surface area contributed by atoms with Crippen LogP contribution in [0.15, 0.2) is 48.5 Å². The average molecular weight is 337 g/mol. The van der Waals surface area contributed by atoms with E-state index in [0.29, 0.717) is 21.3 Å². The number of carbonyl (C=O) groups is 2. The van der Waals surface area contributed by atoms with Gasteiger partial charge >= 0.3 is 0 Å². The summed E-state index contributed by atoms with van der Waals surface area (Å²) in [5.41, 5.74) is 1.07. The monoisotopic (exact) mass is 336 g/mol. The van der Waals surface area contributed by atoms with Gasteiger partial charge in [0.15, 0.2) is 0 Å². The summed E-state index contributed by atoms with van der Waals surface area (Å²) in [6, 6.07) is 12.7. The highest BCUT2D eigenvalue weighted by atomic mass is 35.5. The molecular weight excluding hydrogens is 323 g/mol. The van der Waals surface area contributed by atoms with E-state index in [2.05, 4.69) is 10.6 Å². The molecule has 114 valence electrons. The van der Waals surface area contributed by atoms with Crippen LogP contribution >= 0.6 is 23.2 Å². The van der Waals surface area contributed by atoms with Crippen molar-refractivity contribution in [2.75, 3.05) is 5.32 Å². The Morgan fingerprint density at radius 2 is 1.77 bits per heavy atom. The molecule has 0 saturated heterocycles. The molecule has 0 aliphatic carbocycles. The van der Waals surface area contributed by atoms with Crippen LogP contribution < -0.4 is 10.6 Å². The van der Waals surface area contributed by atoms with Crippen LogP contribution in [-0.2, 0) is 9.59 Å². The van der Waals surface area contributed by atoms with Crippen molar-refractivity contribution in [3.8, 4) is 0 Å². The van der Waals surface area contributed by atoms with Gasteiger partial charge in [-0.05, 0) is 24.3 Å². The maximum absolute atomic E-state index is 12.5. The predicted octanol–water partition coefficient (Wildman–Crippen LogP) is 3.81. The predicted molar refractivity (Wildman–Crippen MR) is 88.1 cm³/mol. The van der Waals surface area contributed by atoms with Gasteiger partial charge in [-0.1, -0.05) is 47.5 Å². The first-order valence-corrected chi connectivity index (χ1v) is 7.31. The Balaban J connectivity index is 2.27. The van der Waals surface area contributed by atoms with Gasteiger partial charge in [0.05, 0.1) is 0 Å². The van der Waals surface area contributed by atoms with Crippen LogP contribution in [0.2, 0.25) is 10.0 Å². The number of carbonyl (C=O) groups excluding carboxylic acids is 2. The van der Waals surface area contributed by atoms with Gasteiger partial charge in [0, 0.05) is 28.2 Å². The van der Waals surface area contributed by atoms with Crippen LogP contribution in [0.1, 0.15) is 18.5 Å². The van der Waals surface area contributed by atoms with E-state index in [1.165, 1.54) is 6.92 Å². The Bertz CT molecular complexity index is 704. The molecular formula is C16H14Cl2N2O2. The molecule has 0 spiro atoms. The van der Waals surface area contributed by atoms with Gasteiger partial charge in [-0.3, -0.25) is 9.59 Å². The van der Waals surface area contributed by atoms with E-state index < -0.39 is 11.9 Å². The third-order valence-corrected chi connectivity index (χ3v) is 3.50. The Kier molecular flexibility index (Phi) is 5.41. The lowest BCUT2D eigenvalue weighted by Crippen LogP contribution is -2.35. The average Bonchev–Trinajstić information content (AvgIpc) is 2.45. The SMILES string of the molecule is CC(=O)NC(C(=O)Nc1cccc(Cl)c1)c1ccccc1Cl. The number of benzene rings is 2. The van der Waals surface area contributed by atoms with Crippen molar-refractivity contribution in [2.24, 2.45) is 0 Å². The fourth-order valence-corrected chi connectivity index (χ4v) is 2.41. The normalized spacial score (nSPS) is 11.6. The van der Waals surface area contributed by atoms with Gasteiger partial charge in [-0.15, -0.1) is 0 Å². The van der Waals surface area contributed by atoms with E-state index in [1.807, 2.05) is 0 Å². The fraction of sp³-hybridized carbons (Fsp3) is 0.125. The van der Waals surface area contributed by atoms with Gasteiger partial charge in [0.2, 0.25) is 5.91 Å². The van der Waals surface area contributed by atoms with E-state index in [-0.39, 0.29) is 5.91 Å². The van der Waals surface area contributed by atoms with Gasteiger partial charge in [-0.25, -0.2) is 0 Å². The van der Waals surface area contributed by atoms with Crippen molar-refractivity contribution >= 4 is 40.7 Å². The van der Waals surface area contributed by atoms with Crippen LogP contribution in [0.25, 0.3) is 0 Å². The quantitative estimate of drug-likeness (QED) is 0.891. The third-order valence-electron chi connectivity index (χ3n) is 2.92. The van der Waals surface area contributed by atoms with E-state index in [0.717, 1.165) is 0 Å². The number of nitrogens with one attached hydrogen (secondary N) is 2. The van der Waals surface area contributed by atoms with Gasteiger partial charge in [-0.2, -0.15) is 0 Å². The molecule has 0 heterocycles. The van der Waals surface area contributed by atoms with Crippen molar-refractivity contribution in [3.63, 3.8) is 0 Å². The van der Waals surface area contributed by atoms with Gasteiger partial charge in [0.25, 0.3) is 5.91 Å². The highest BCUT2D eigenvalue weighted by Crippen LogP contribution is 2.24. The second-order valence-electron chi connectivity index (χ2n) is 4.65. The molecule has 0 bridgehead atoms. The summed E-state index contributed by atoms with van der Waals surface area (Å²) in [5, 5.41) is 6.23. The number of halogens is 2. The zero-order valence-electron chi connectivity index (χ0n) is 11.8. The molecule has 2 N–H and O–H groups in total. The maximum Gasteiger partial charge on any atom is 0.251 e. The largest absolute Gasteiger partial charge is 0.341 e. The third kappa shape index (κ3) is 4.23. The fourth-order valence-electron chi connectivity index (χ4n) is 1.98. The Hall–Kier alpha value is -2.04. The molecule has 22 heavy (non-hydrogen) atoms. The zero-order valence-corrected chi connectivity index (χ0v) is 13.3. The van der Waals surface area contributed by atoms with Crippen LogP contribution in [0.3, 0.4) is 0 Å². The smallest absolute Gasteiger partial charge is 0.251 e. The first kappa shape index (κ1) is 16.3. The van der Waals surface area contributed by atoms with Gasteiger partial charge in [0.1, 0.15) is 6.04 Å². The second kappa shape index (κ2) is 7.29. The standard InChI is InChI=1S/C16H14Cl2N2O2/c1-10(21)19-15(13-7-2-3-8-14(13)18)16(22)20-12-6-4-5-11(17)9-12/h2-9,15H,1H3,(H,19,21)(H,20,22). The van der Waals surface area contributed by atoms with Crippen molar-refractivity contribution in [2.45, 2.75) is 13.0 Å². The number of amides is 2. The first-order valence-electron chi connectivity index (χ1n) is 6.55. The van der Waals surface area contributed by atoms with Crippen LogP contribution in [0, 0.1) is 0 Å². The molecule has 2 aromatic carbocycles. The van der Waals surface area contributed by atoms with Crippen molar-refractivity contribution in [3.05, 3.63) is 64.1 Å². The summed E-state index contributed by atoms with van der Waals surface area (Å²) >= 11 is 12.0. The molecule has 1 atom stereocenters. The Morgan fingerprint density at radius 3 is 2.41 bits per heavy atom. The second-order valence-corrected chi connectivity index (χ2v) is 5.50. The van der Waals surface area contributed by atoms with Crippen molar-refractivity contribution in [1.29, 1.82) is 0 Å². The summed E-state index contributed by atoms with van der Waals surface area (Å²) in [6.45, 7) is 1.34. The number of hydrogen-bond donors (Lipinski definition) is 2. The number of hydrogen-bond acceptors (Lipinski definition) is 2. The first-order chi connectivity index (χ1) is 10.5. The molecule has 2 amide bonds. The highest BCUT2D eigenvalue weighted by Gasteiger charge is 2.23. The van der Waals surface area contributed by atoms with Gasteiger partial charge < -0.3 is 10.6 Å². The summed E-state index contributed by atoms with van der Waals surface area (Å²) in [4.78, 5) is 23.9. The Labute approximate surface area is 138 Å². The minimum Gasteiger partial charge on any atom is -0.341 e. The highest BCUT2D eigenvalue weighted by molar-refractivity contribution is 6.32. The van der Waals surface area contributed by atoms with E-state index in [9.17, 15) is 9.59 Å². The number of anilines is 1. The molecule has 0 fully saturated rings. The zero-order chi connectivity index (χ0) is 16.1. The maximum atomic E-state index is 12.5. The molecule has 0 radical (unpaired) electrons. The molecule has 4 nitrogen and oxygen atoms in total.